The third kappa shape index (κ3) is 4.59. The van der Waals surface area contributed by atoms with Crippen molar-refractivity contribution in [3.05, 3.63) is 60.2 Å². The standard InChI is InChI=1S/C20H22N2O3/c23-19-12-6-14-22(19)15-7-13-21-20(24)17-10-4-5-11-18(17)25-16-8-2-1-3-9-16/h1-5,8-11H,6-7,12-15H2,(H,21,24). The van der Waals surface area contributed by atoms with E-state index in [1.807, 2.05) is 47.4 Å². The average molecular weight is 338 g/mol. The first-order valence-corrected chi connectivity index (χ1v) is 8.62. The maximum absolute atomic E-state index is 12.4. The van der Waals surface area contributed by atoms with Gasteiger partial charge in [-0.15, -0.1) is 0 Å². The van der Waals surface area contributed by atoms with E-state index in [1.165, 1.54) is 0 Å². The summed E-state index contributed by atoms with van der Waals surface area (Å²) < 4.78 is 5.82. The normalized spacial score (nSPS) is 13.8. The number of nitrogens with one attached hydrogen (secondary N) is 1. The summed E-state index contributed by atoms with van der Waals surface area (Å²) in [4.78, 5) is 25.9. The Hall–Kier alpha value is -2.82. The van der Waals surface area contributed by atoms with Crippen LogP contribution in [-0.4, -0.2) is 36.3 Å². The largest absolute Gasteiger partial charge is 0.457 e. The van der Waals surface area contributed by atoms with Crippen molar-refractivity contribution in [1.29, 1.82) is 0 Å². The summed E-state index contributed by atoms with van der Waals surface area (Å²) >= 11 is 0. The Bertz CT molecular complexity index is 731. The van der Waals surface area contributed by atoms with Crippen LogP contribution in [-0.2, 0) is 4.79 Å². The fourth-order valence-electron chi connectivity index (χ4n) is 2.87. The molecule has 0 atom stereocenters. The fourth-order valence-corrected chi connectivity index (χ4v) is 2.87. The summed E-state index contributed by atoms with van der Waals surface area (Å²) in [5, 5.41) is 2.91. The third-order valence-corrected chi connectivity index (χ3v) is 4.16. The van der Waals surface area contributed by atoms with Crippen molar-refractivity contribution in [3.8, 4) is 11.5 Å². The van der Waals surface area contributed by atoms with Crippen molar-refractivity contribution in [2.24, 2.45) is 0 Å². The zero-order chi connectivity index (χ0) is 17.5. The Morgan fingerprint density at radius 1 is 1.08 bits per heavy atom. The van der Waals surface area contributed by atoms with E-state index in [0.29, 0.717) is 36.6 Å². The Kier molecular flexibility index (Phi) is 5.67. The molecule has 130 valence electrons. The molecule has 2 aromatic rings. The van der Waals surface area contributed by atoms with E-state index in [1.54, 1.807) is 12.1 Å². The van der Waals surface area contributed by atoms with E-state index in [4.69, 9.17) is 4.74 Å². The Morgan fingerprint density at radius 3 is 2.60 bits per heavy atom. The number of carbonyl (C=O) groups is 2. The number of rotatable bonds is 7. The van der Waals surface area contributed by atoms with Gasteiger partial charge in [0.2, 0.25) is 5.91 Å². The van der Waals surface area contributed by atoms with Crippen LogP contribution >= 0.6 is 0 Å². The molecular weight excluding hydrogens is 316 g/mol. The molecule has 2 aromatic carbocycles. The number of hydrogen-bond acceptors (Lipinski definition) is 3. The van der Waals surface area contributed by atoms with Crippen LogP contribution in [0.3, 0.4) is 0 Å². The highest BCUT2D eigenvalue weighted by Gasteiger charge is 2.19. The number of likely N-dealkylation sites (tertiary alicyclic amines) is 1. The quantitative estimate of drug-likeness (QED) is 0.789. The lowest BCUT2D eigenvalue weighted by molar-refractivity contribution is -0.127. The van der Waals surface area contributed by atoms with Crippen molar-refractivity contribution in [3.63, 3.8) is 0 Å². The molecule has 0 unspecified atom stereocenters. The van der Waals surface area contributed by atoms with E-state index < -0.39 is 0 Å². The summed E-state index contributed by atoms with van der Waals surface area (Å²) in [5.74, 6) is 1.27. The molecule has 5 heteroatoms. The molecule has 0 saturated carbocycles. The van der Waals surface area contributed by atoms with Crippen LogP contribution in [0.4, 0.5) is 0 Å². The fraction of sp³-hybridized carbons (Fsp3) is 0.300. The van der Waals surface area contributed by atoms with Crippen LogP contribution < -0.4 is 10.1 Å². The monoisotopic (exact) mass is 338 g/mol. The zero-order valence-electron chi connectivity index (χ0n) is 14.1. The van der Waals surface area contributed by atoms with Crippen LogP contribution in [0.2, 0.25) is 0 Å². The minimum atomic E-state index is -0.167. The van der Waals surface area contributed by atoms with E-state index in [9.17, 15) is 9.59 Å². The van der Waals surface area contributed by atoms with Gasteiger partial charge in [-0.25, -0.2) is 0 Å². The van der Waals surface area contributed by atoms with Gasteiger partial charge in [-0.3, -0.25) is 9.59 Å². The SMILES string of the molecule is O=C(NCCCN1CCCC1=O)c1ccccc1Oc1ccccc1. The van der Waals surface area contributed by atoms with Gasteiger partial charge in [-0.05, 0) is 37.1 Å². The van der Waals surface area contributed by atoms with Gasteiger partial charge in [-0.1, -0.05) is 30.3 Å². The molecule has 1 N–H and O–H groups in total. The van der Waals surface area contributed by atoms with Gasteiger partial charge in [0.15, 0.2) is 0 Å². The topological polar surface area (TPSA) is 58.6 Å². The Morgan fingerprint density at radius 2 is 1.84 bits per heavy atom. The van der Waals surface area contributed by atoms with Gasteiger partial charge in [0.05, 0.1) is 5.56 Å². The maximum atomic E-state index is 12.4. The minimum absolute atomic E-state index is 0.167. The van der Waals surface area contributed by atoms with Crippen molar-refractivity contribution in [2.45, 2.75) is 19.3 Å². The zero-order valence-corrected chi connectivity index (χ0v) is 14.1. The maximum Gasteiger partial charge on any atom is 0.255 e. The highest BCUT2D eigenvalue weighted by molar-refractivity contribution is 5.97. The first-order chi connectivity index (χ1) is 12.2. The van der Waals surface area contributed by atoms with Gasteiger partial charge in [0, 0.05) is 26.1 Å². The molecule has 0 spiro atoms. The molecule has 1 aliphatic heterocycles. The van der Waals surface area contributed by atoms with Gasteiger partial charge < -0.3 is 15.0 Å². The molecule has 0 aromatic heterocycles. The third-order valence-electron chi connectivity index (χ3n) is 4.16. The summed E-state index contributed by atoms with van der Waals surface area (Å²) in [6.07, 6.45) is 2.34. The second kappa shape index (κ2) is 8.33. The first-order valence-electron chi connectivity index (χ1n) is 8.62. The number of hydrogen-bond donors (Lipinski definition) is 1. The smallest absolute Gasteiger partial charge is 0.255 e. The molecule has 5 nitrogen and oxygen atoms in total. The van der Waals surface area contributed by atoms with Crippen LogP contribution in [0.1, 0.15) is 29.6 Å². The predicted molar refractivity (Wildman–Crippen MR) is 95.7 cm³/mol. The van der Waals surface area contributed by atoms with Crippen LogP contribution in [0, 0.1) is 0 Å². The van der Waals surface area contributed by atoms with Crippen LogP contribution in [0.15, 0.2) is 54.6 Å². The second-order valence-corrected chi connectivity index (χ2v) is 6.01. The molecule has 0 radical (unpaired) electrons. The second-order valence-electron chi connectivity index (χ2n) is 6.01. The number of carbonyl (C=O) groups excluding carboxylic acids is 2. The van der Waals surface area contributed by atoms with Crippen LogP contribution in [0.25, 0.3) is 0 Å². The average Bonchev–Trinajstić information content (AvgIpc) is 3.05. The lowest BCUT2D eigenvalue weighted by atomic mass is 10.2. The molecular formula is C20H22N2O3. The summed E-state index contributed by atoms with van der Waals surface area (Å²) in [6.45, 7) is 2.06. The number of para-hydroxylation sites is 2. The summed E-state index contributed by atoms with van der Waals surface area (Å²) in [7, 11) is 0. The van der Waals surface area contributed by atoms with Crippen molar-refractivity contribution in [1.82, 2.24) is 10.2 Å². The number of nitrogens with zero attached hydrogens (tertiary/aromatic N) is 1. The lowest BCUT2D eigenvalue weighted by Gasteiger charge is -2.15. The lowest BCUT2D eigenvalue weighted by Crippen LogP contribution is -2.30. The summed E-state index contributed by atoms with van der Waals surface area (Å²) in [6, 6.07) is 16.6. The van der Waals surface area contributed by atoms with Crippen molar-refractivity contribution in [2.75, 3.05) is 19.6 Å². The predicted octanol–water partition coefficient (Wildman–Crippen LogP) is 3.22. The molecule has 3 rings (SSSR count). The molecule has 0 aliphatic carbocycles. The highest BCUT2D eigenvalue weighted by atomic mass is 16.5. The van der Waals surface area contributed by atoms with E-state index in [0.717, 1.165) is 19.4 Å². The molecule has 1 heterocycles. The van der Waals surface area contributed by atoms with Crippen molar-refractivity contribution < 1.29 is 14.3 Å². The number of amides is 2. The summed E-state index contributed by atoms with van der Waals surface area (Å²) in [5.41, 5.74) is 0.503. The minimum Gasteiger partial charge on any atom is -0.457 e. The van der Waals surface area contributed by atoms with Gasteiger partial charge in [0.25, 0.3) is 5.91 Å². The first kappa shape index (κ1) is 17.0. The molecule has 1 fully saturated rings. The van der Waals surface area contributed by atoms with Crippen LogP contribution in [0.5, 0.6) is 11.5 Å². The van der Waals surface area contributed by atoms with E-state index in [2.05, 4.69) is 5.32 Å². The van der Waals surface area contributed by atoms with E-state index >= 15 is 0 Å². The Balaban J connectivity index is 1.54. The molecule has 25 heavy (non-hydrogen) atoms. The molecule has 1 aliphatic rings. The number of ether oxygens (including phenoxy) is 1. The number of benzene rings is 2. The van der Waals surface area contributed by atoms with E-state index in [-0.39, 0.29) is 11.8 Å². The van der Waals surface area contributed by atoms with Gasteiger partial charge >= 0.3 is 0 Å². The molecule has 2 amide bonds. The Labute approximate surface area is 147 Å². The molecule has 1 saturated heterocycles. The van der Waals surface area contributed by atoms with Gasteiger partial charge in [0.1, 0.15) is 11.5 Å². The highest BCUT2D eigenvalue weighted by Crippen LogP contribution is 2.24. The van der Waals surface area contributed by atoms with Gasteiger partial charge in [-0.2, -0.15) is 0 Å². The molecule has 0 bridgehead atoms. The van der Waals surface area contributed by atoms with Crippen molar-refractivity contribution >= 4 is 11.8 Å².